The second kappa shape index (κ2) is 8.52. The van der Waals surface area contributed by atoms with Crippen LogP contribution in [0.3, 0.4) is 0 Å². The van der Waals surface area contributed by atoms with Gasteiger partial charge in [0.25, 0.3) is 0 Å². The van der Waals surface area contributed by atoms with Gasteiger partial charge in [0.15, 0.2) is 0 Å². The normalized spacial score (nSPS) is 10.3. The maximum Gasteiger partial charge on any atom is 0.407 e. The van der Waals surface area contributed by atoms with Crippen LogP contribution in [0.25, 0.3) is 0 Å². The molecule has 2 rings (SSSR count). The minimum atomic E-state index is -0.968. The molecule has 2 aromatic rings. The zero-order valence-electron chi connectivity index (χ0n) is 12.5. The van der Waals surface area contributed by atoms with Crippen molar-refractivity contribution in [1.82, 2.24) is 20.3 Å². The van der Waals surface area contributed by atoms with Gasteiger partial charge in [-0.3, -0.25) is 4.79 Å². The van der Waals surface area contributed by atoms with Gasteiger partial charge in [0.05, 0.1) is 5.69 Å². The van der Waals surface area contributed by atoms with Gasteiger partial charge in [0, 0.05) is 12.7 Å². The van der Waals surface area contributed by atoms with Crippen LogP contribution in [0.1, 0.15) is 17.7 Å². The molecule has 1 aromatic carbocycles. The smallest absolute Gasteiger partial charge is 0.407 e. The fourth-order valence-electron chi connectivity index (χ4n) is 1.90. The lowest BCUT2D eigenvalue weighted by molar-refractivity contribution is -0.137. The van der Waals surface area contributed by atoms with Gasteiger partial charge in [0.2, 0.25) is 0 Å². The number of carbonyl (C=O) groups excluding carboxylic acids is 1. The summed E-state index contributed by atoms with van der Waals surface area (Å²) in [6.07, 6.45) is 2.37. The molecule has 0 aliphatic carbocycles. The van der Waals surface area contributed by atoms with Crippen molar-refractivity contribution in [3.63, 3.8) is 0 Å². The standard InChI is InChI=1S/C15H18N4O4/c20-14(21)10-19-9-13(17-18-19)7-4-8-16-15(22)23-11-12-5-2-1-3-6-12/h1-3,5-6,9H,4,7-8,10-11H2,(H,16,22)(H,20,21). The first-order chi connectivity index (χ1) is 11.1. The zero-order chi connectivity index (χ0) is 16.5. The lowest BCUT2D eigenvalue weighted by Crippen LogP contribution is -2.25. The van der Waals surface area contributed by atoms with Crippen LogP contribution in [0.2, 0.25) is 0 Å². The number of benzene rings is 1. The van der Waals surface area contributed by atoms with Crippen LogP contribution in [-0.2, 0) is 29.1 Å². The van der Waals surface area contributed by atoms with E-state index in [0.29, 0.717) is 25.1 Å². The average molecular weight is 318 g/mol. The van der Waals surface area contributed by atoms with Crippen molar-refractivity contribution in [2.24, 2.45) is 0 Å². The fraction of sp³-hybridized carbons (Fsp3) is 0.333. The summed E-state index contributed by atoms with van der Waals surface area (Å²) in [6.45, 7) is 0.465. The van der Waals surface area contributed by atoms with E-state index >= 15 is 0 Å². The second-order valence-corrected chi connectivity index (χ2v) is 4.89. The third-order valence-corrected chi connectivity index (χ3v) is 2.98. The molecule has 0 saturated heterocycles. The van der Waals surface area contributed by atoms with E-state index in [-0.39, 0.29) is 13.2 Å². The van der Waals surface area contributed by atoms with E-state index < -0.39 is 12.1 Å². The third-order valence-electron chi connectivity index (χ3n) is 2.98. The lowest BCUT2D eigenvalue weighted by atomic mass is 10.2. The number of ether oxygens (including phenoxy) is 1. The topological polar surface area (TPSA) is 106 Å². The van der Waals surface area contributed by atoms with Gasteiger partial charge in [-0.2, -0.15) is 0 Å². The number of nitrogens with one attached hydrogen (secondary N) is 1. The number of carboxylic acid groups (broad SMARTS) is 1. The van der Waals surface area contributed by atoms with Crippen molar-refractivity contribution in [3.05, 3.63) is 47.8 Å². The Labute approximate surface area is 133 Å². The molecule has 1 aromatic heterocycles. The van der Waals surface area contributed by atoms with E-state index in [4.69, 9.17) is 9.84 Å². The molecule has 0 saturated carbocycles. The first kappa shape index (κ1) is 16.5. The van der Waals surface area contributed by atoms with E-state index in [1.54, 1.807) is 6.20 Å². The number of nitrogens with zero attached hydrogens (tertiary/aromatic N) is 3. The molecule has 8 nitrogen and oxygen atoms in total. The van der Waals surface area contributed by atoms with Crippen LogP contribution >= 0.6 is 0 Å². The van der Waals surface area contributed by atoms with Crippen molar-refractivity contribution < 1.29 is 19.4 Å². The van der Waals surface area contributed by atoms with Crippen LogP contribution in [-0.4, -0.2) is 38.7 Å². The number of aliphatic carboxylic acids is 1. The van der Waals surface area contributed by atoms with E-state index in [1.807, 2.05) is 30.3 Å². The summed E-state index contributed by atoms with van der Waals surface area (Å²) in [5.74, 6) is -0.968. The molecule has 1 heterocycles. The summed E-state index contributed by atoms with van der Waals surface area (Å²) >= 11 is 0. The zero-order valence-corrected chi connectivity index (χ0v) is 12.5. The molecule has 0 aliphatic heterocycles. The summed E-state index contributed by atoms with van der Waals surface area (Å²) in [6, 6.07) is 9.43. The maximum atomic E-state index is 11.5. The lowest BCUT2D eigenvalue weighted by Gasteiger charge is -2.06. The minimum Gasteiger partial charge on any atom is -0.480 e. The summed E-state index contributed by atoms with van der Waals surface area (Å²) in [5, 5.41) is 18.9. The molecule has 0 radical (unpaired) electrons. The predicted octanol–water partition coefficient (Wildman–Crippen LogP) is 1.22. The molecule has 0 atom stereocenters. The van der Waals surface area contributed by atoms with Gasteiger partial charge in [0.1, 0.15) is 13.2 Å². The van der Waals surface area contributed by atoms with Crippen LogP contribution < -0.4 is 5.32 Å². The molecule has 0 unspecified atom stereocenters. The van der Waals surface area contributed by atoms with Crippen molar-refractivity contribution in [1.29, 1.82) is 0 Å². The van der Waals surface area contributed by atoms with Gasteiger partial charge in [-0.15, -0.1) is 5.10 Å². The highest BCUT2D eigenvalue weighted by molar-refractivity contribution is 5.67. The number of hydrogen-bond acceptors (Lipinski definition) is 5. The van der Waals surface area contributed by atoms with Crippen LogP contribution in [0.15, 0.2) is 36.5 Å². The number of aromatic nitrogens is 3. The Morgan fingerprint density at radius 2 is 2.04 bits per heavy atom. The second-order valence-electron chi connectivity index (χ2n) is 4.89. The van der Waals surface area contributed by atoms with Gasteiger partial charge in [-0.05, 0) is 18.4 Å². The third kappa shape index (κ3) is 6.16. The molecule has 0 fully saturated rings. The summed E-state index contributed by atoms with van der Waals surface area (Å²) in [7, 11) is 0. The van der Waals surface area contributed by atoms with Crippen molar-refractivity contribution >= 4 is 12.1 Å². The molecule has 0 aliphatic rings. The summed E-state index contributed by atoms with van der Waals surface area (Å²) < 4.78 is 6.34. The predicted molar refractivity (Wildman–Crippen MR) is 80.6 cm³/mol. The van der Waals surface area contributed by atoms with Crippen molar-refractivity contribution in [3.8, 4) is 0 Å². The van der Waals surface area contributed by atoms with E-state index in [0.717, 1.165) is 5.56 Å². The highest BCUT2D eigenvalue weighted by atomic mass is 16.5. The Morgan fingerprint density at radius 1 is 1.26 bits per heavy atom. The van der Waals surface area contributed by atoms with Crippen molar-refractivity contribution in [2.75, 3.05) is 6.54 Å². The van der Waals surface area contributed by atoms with Crippen LogP contribution in [0, 0.1) is 0 Å². The monoisotopic (exact) mass is 318 g/mol. The summed E-state index contributed by atoms with van der Waals surface area (Å²) in [5.41, 5.74) is 1.61. The molecule has 0 bridgehead atoms. The van der Waals surface area contributed by atoms with Gasteiger partial charge in [-0.25, -0.2) is 9.48 Å². The first-order valence-electron chi connectivity index (χ1n) is 7.19. The van der Waals surface area contributed by atoms with Gasteiger partial charge in [-0.1, -0.05) is 35.5 Å². The average Bonchev–Trinajstić information content (AvgIpc) is 2.97. The molecule has 122 valence electrons. The Balaban J connectivity index is 1.60. The number of hydrogen-bond donors (Lipinski definition) is 2. The van der Waals surface area contributed by atoms with E-state index in [2.05, 4.69) is 15.6 Å². The highest BCUT2D eigenvalue weighted by Crippen LogP contribution is 2.01. The number of alkyl carbamates (subject to hydrolysis) is 1. The number of rotatable bonds is 8. The Morgan fingerprint density at radius 3 is 2.78 bits per heavy atom. The molecular formula is C15H18N4O4. The van der Waals surface area contributed by atoms with Gasteiger partial charge < -0.3 is 15.2 Å². The molecule has 0 spiro atoms. The van der Waals surface area contributed by atoms with Crippen molar-refractivity contribution in [2.45, 2.75) is 26.0 Å². The Bertz CT molecular complexity index is 642. The van der Waals surface area contributed by atoms with E-state index in [1.165, 1.54) is 4.68 Å². The van der Waals surface area contributed by atoms with Crippen LogP contribution in [0.4, 0.5) is 4.79 Å². The molecular weight excluding hydrogens is 300 g/mol. The maximum absolute atomic E-state index is 11.5. The molecule has 1 amide bonds. The fourth-order valence-corrected chi connectivity index (χ4v) is 1.90. The number of aryl methyl sites for hydroxylation is 1. The van der Waals surface area contributed by atoms with E-state index in [9.17, 15) is 9.59 Å². The number of amides is 1. The van der Waals surface area contributed by atoms with Gasteiger partial charge >= 0.3 is 12.1 Å². The quantitative estimate of drug-likeness (QED) is 0.709. The molecule has 2 N–H and O–H groups in total. The number of carbonyl (C=O) groups is 2. The Hall–Kier alpha value is -2.90. The summed E-state index contributed by atoms with van der Waals surface area (Å²) in [4.78, 5) is 22.0. The minimum absolute atomic E-state index is 0.211. The number of carboxylic acids is 1. The molecule has 8 heteroatoms. The largest absolute Gasteiger partial charge is 0.480 e. The molecule has 23 heavy (non-hydrogen) atoms. The Kier molecular flexibility index (Phi) is 6.10. The SMILES string of the molecule is O=C(O)Cn1cc(CCCNC(=O)OCc2ccccc2)nn1. The highest BCUT2D eigenvalue weighted by Gasteiger charge is 2.05. The first-order valence-corrected chi connectivity index (χ1v) is 7.19. The van der Waals surface area contributed by atoms with Crippen LogP contribution in [0.5, 0.6) is 0 Å².